The number of piperazine rings is 1. The minimum absolute atomic E-state index is 0.00251. The van der Waals surface area contributed by atoms with Crippen molar-refractivity contribution in [1.29, 1.82) is 0 Å². The number of nitrogens with zero attached hydrogens (tertiary/aromatic N) is 1. The van der Waals surface area contributed by atoms with E-state index in [2.05, 4.69) is 5.32 Å². The number of hydrogen-bond acceptors (Lipinski definition) is 3. The zero-order valence-corrected chi connectivity index (χ0v) is 12.3. The fourth-order valence-electron chi connectivity index (χ4n) is 3.29. The van der Waals surface area contributed by atoms with E-state index >= 15 is 0 Å². The third-order valence-electron chi connectivity index (χ3n) is 4.52. The summed E-state index contributed by atoms with van der Waals surface area (Å²) in [5, 5.41) is 11.6. The highest BCUT2D eigenvalue weighted by molar-refractivity contribution is 5.91. The van der Waals surface area contributed by atoms with Crippen LogP contribution in [0.2, 0.25) is 0 Å². The lowest BCUT2D eigenvalue weighted by Crippen LogP contribution is -2.59. The zero-order valence-electron chi connectivity index (χ0n) is 12.3. The van der Waals surface area contributed by atoms with E-state index < -0.39 is 12.0 Å². The molecule has 0 radical (unpaired) electrons. The van der Waals surface area contributed by atoms with Crippen LogP contribution in [0.15, 0.2) is 0 Å². The molecule has 6 nitrogen and oxygen atoms in total. The lowest BCUT2D eigenvalue weighted by molar-refractivity contribution is -0.154. The van der Waals surface area contributed by atoms with Gasteiger partial charge in [-0.1, -0.05) is 32.1 Å². The molecule has 0 bridgehead atoms. The Labute approximate surface area is 124 Å². The number of hydrogen-bond donors (Lipinski definition) is 2. The summed E-state index contributed by atoms with van der Waals surface area (Å²) in [6, 6.07) is -0.926. The number of carboxylic acid groups (broad SMARTS) is 1. The number of carbonyl (C=O) groups excluding carboxylic acids is 2. The second-order valence-corrected chi connectivity index (χ2v) is 6.08. The van der Waals surface area contributed by atoms with Crippen molar-refractivity contribution in [3.8, 4) is 0 Å². The van der Waals surface area contributed by atoms with Gasteiger partial charge < -0.3 is 15.3 Å². The maximum absolute atomic E-state index is 12.2. The first-order valence-corrected chi connectivity index (χ1v) is 7.87. The Kier molecular flexibility index (Phi) is 5.59. The molecule has 1 saturated heterocycles. The summed E-state index contributed by atoms with van der Waals surface area (Å²) in [6.07, 6.45) is 8.54. The zero-order chi connectivity index (χ0) is 15.2. The predicted molar refractivity (Wildman–Crippen MR) is 76.6 cm³/mol. The molecule has 1 heterocycles. The molecule has 1 unspecified atom stereocenters. The quantitative estimate of drug-likeness (QED) is 0.796. The molecule has 1 saturated carbocycles. The molecule has 2 aliphatic rings. The normalized spacial score (nSPS) is 23.7. The van der Waals surface area contributed by atoms with Gasteiger partial charge in [-0.05, 0) is 18.8 Å². The summed E-state index contributed by atoms with van der Waals surface area (Å²) in [4.78, 5) is 35.9. The number of carbonyl (C=O) groups is 3. The molecule has 6 heteroatoms. The topological polar surface area (TPSA) is 86.7 Å². The summed E-state index contributed by atoms with van der Waals surface area (Å²) in [5.74, 6) is -0.844. The maximum atomic E-state index is 12.2. The van der Waals surface area contributed by atoms with Crippen LogP contribution in [0.3, 0.4) is 0 Å². The number of carboxylic acids is 1. The number of aliphatic carboxylic acids is 1. The molecule has 118 valence electrons. The van der Waals surface area contributed by atoms with Crippen molar-refractivity contribution in [2.75, 3.05) is 13.1 Å². The molecule has 1 aliphatic heterocycles. The molecule has 1 aliphatic carbocycles. The molecule has 2 fully saturated rings. The molecule has 0 spiro atoms. The van der Waals surface area contributed by atoms with Gasteiger partial charge >= 0.3 is 5.97 Å². The first-order valence-electron chi connectivity index (χ1n) is 7.87. The lowest BCUT2D eigenvalue weighted by atomic mass is 9.86. The molecule has 2 rings (SSSR count). The Balaban J connectivity index is 1.79. The number of amides is 2. The minimum atomic E-state index is -1.06. The van der Waals surface area contributed by atoms with Crippen LogP contribution >= 0.6 is 0 Å². The second-order valence-electron chi connectivity index (χ2n) is 6.08. The number of rotatable bonds is 5. The molecular weight excluding hydrogens is 272 g/mol. The molecule has 2 N–H and O–H groups in total. The molecule has 1 atom stereocenters. The van der Waals surface area contributed by atoms with Gasteiger partial charge in [0.05, 0.1) is 0 Å². The van der Waals surface area contributed by atoms with E-state index in [0.29, 0.717) is 12.3 Å². The summed E-state index contributed by atoms with van der Waals surface area (Å²) in [5.41, 5.74) is 0. The van der Waals surface area contributed by atoms with Crippen molar-refractivity contribution in [3.63, 3.8) is 0 Å². The molecule has 2 amide bonds. The van der Waals surface area contributed by atoms with Crippen molar-refractivity contribution < 1.29 is 19.5 Å². The third kappa shape index (κ3) is 4.44. The van der Waals surface area contributed by atoms with Crippen molar-refractivity contribution in [1.82, 2.24) is 10.2 Å². The number of nitrogens with one attached hydrogen (secondary N) is 1. The van der Waals surface area contributed by atoms with Gasteiger partial charge in [-0.25, -0.2) is 4.79 Å². The van der Waals surface area contributed by atoms with Gasteiger partial charge in [-0.15, -0.1) is 0 Å². The fraction of sp³-hybridized carbons (Fsp3) is 0.800. The predicted octanol–water partition coefficient (Wildman–Crippen LogP) is 1.15. The Morgan fingerprint density at radius 3 is 2.62 bits per heavy atom. The van der Waals surface area contributed by atoms with Crippen molar-refractivity contribution >= 4 is 17.8 Å². The molecule has 0 aromatic heterocycles. The van der Waals surface area contributed by atoms with E-state index in [-0.39, 0.29) is 24.9 Å². The average Bonchev–Trinajstić information content (AvgIpc) is 2.47. The molecule has 0 aromatic carbocycles. The highest BCUT2D eigenvalue weighted by Gasteiger charge is 2.34. The highest BCUT2D eigenvalue weighted by Crippen LogP contribution is 2.27. The van der Waals surface area contributed by atoms with Gasteiger partial charge in [-0.3, -0.25) is 9.59 Å². The average molecular weight is 296 g/mol. The van der Waals surface area contributed by atoms with Gasteiger partial charge in [-0.2, -0.15) is 0 Å². The Morgan fingerprint density at radius 1 is 1.24 bits per heavy atom. The summed E-state index contributed by atoms with van der Waals surface area (Å²) in [6.45, 7) is -0.137. The van der Waals surface area contributed by atoms with Crippen LogP contribution in [-0.4, -0.2) is 46.9 Å². The van der Waals surface area contributed by atoms with E-state index in [1.807, 2.05) is 0 Å². The van der Waals surface area contributed by atoms with Gasteiger partial charge in [0.2, 0.25) is 11.8 Å². The van der Waals surface area contributed by atoms with Gasteiger partial charge in [0.15, 0.2) is 0 Å². The Hall–Kier alpha value is -1.59. The van der Waals surface area contributed by atoms with Crippen LogP contribution in [0.1, 0.15) is 51.4 Å². The van der Waals surface area contributed by atoms with Crippen molar-refractivity contribution in [2.45, 2.75) is 57.4 Å². The van der Waals surface area contributed by atoms with Gasteiger partial charge in [0.1, 0.15) is 12.6 Å². The van der Waals surface area contributed by atoms with E-state index in [0.717, 1.165) is 12.8 Å². The van der Waals surface area contributed by atoms with Crippen LogP contribution in [0.25, 0.3) is 0 Å². The first kappa shape index (κ1) is 15.8. The highest BCUT2D eigenvalue weighted by atomic mass is 16.4. The maximum Gasteiger partial charge on any atom is 0.328 e. The largest absolute Gasteiger partial charge is 0.480 e. The molecular formula is C15H24N2O4. The van der Waals surface area contributed by atoms with Crippen LogP contribution in [-0.2, 0) is 14.4 Å². The summed E-state index contributed by atoms with van der Waals surface area (Å²) < 4.78 is 0. The SMILES string of the molecule is O=C1CN(C(=O)CCCC2CCCCC2)C(C(=O)O)CN1. The standard InChI is InChI=1S/C15H24N2O4/c18-13-10-17(12(9-16-13)15(20)21)14(19)8-4-7-11-5-2-1-3-6-11/h11-12H,1-10H2,(H,16,18)(H,20,21). The van der Waals surface area contributed by atoms with Crippen LogP contribution < -0.4 is 5.32 Å². The fourth-order valence-corrected chi connectivity index (χ4v) is 3.29. The minimum Gasteiger partial charge on any atom is -0.480 e. The summed E-state index contributed by atoms with van der Waals surface area (Å²) in [7, 11) is 0. The Morgan fingerprint density at radius 2 is 1.95 bits per heavy atom. The van der Waals surface area contributed by atoms with E-state index in [1.54, 1.807) is 0 Å². The second kappa shape index (κ2) is 7.43. The first-order chi connectivity index (χ1) is 10.1. The Bertz CT molecular complexity index is 404. The molecule has 21 heavy (non-hydrogen) atoms. The van der Waals surface area contributed by atoms with Crippen molar-refractivity contribution in [3.05, 3.63) is 0 Å². The van der Waals surface area contributed by atoms with Crippen LogP contribution in [0, 0.1) is 5.92 Å². The van der Waals surface area contributed by atoms with E-state index in [9.17, 15) is 14.4 Å². The third-order valence-corrected chi connectivity index (χ3v) is 4.52. The summed E-state index contributed by atoms with van der Waals surface area (Å²) >= 11 is 0. The van der Waals surface area contributed by atoms with E-state index in [4.69, 9.17) is 5.11 Å². The lowest BCUT2D eigenvalue weighted by Gasteiger charge is -2.33. The monoisotopic (exact) mass is 296 g/mol. The molecule has 0 aromatic rings. The van der Waals surface area contributed by atoms with Gasteiger partial charge in [0.25, 0.3) is 0 Å². The van der Waals surface area contributed by atoms with E-state index in [1.165, 1.54) is 37.0 Å². The van der Waals surface area contributed by atoms with Crippen molar-refractivity contribution in [2.24, 2.45) is 5.92 Å². The van der Waals surface area contributed by atoms with Crippen LogP contribution in [0.5, 0.6) is 0 Å². The van der Waals surface area contributed by atoms with Crippen LogP contribution in [0.4, 0.5) is 0 Å². The smallest absolute Gasteiger partial charge is 0.328 e. The van der Waals surface area contributed by atoms with Gasteiger partial charge in [0, 0.05) is 13.0 Å².